The molecule has 10 heteroatoms. The number of pyridine rings is 1. The Kier molecular flexibility index (Phi) is 7.10. The molecule has 0 atom stereocenters. The number of hydrogen-bond acceptors (Lipinski definition) is 5. The van der Waals surface area contributed by atoms with Crippen molar-refractivity contribution in [3.63, 3.8) is 0 Å². The molecule has 3 rings (SSSR count). The van der Waals surface area contributed by atoms with E-state index >= 15 is 0 Å². The van der Waals surface area contributed by atoms with Crippen molar-refractivity contribution >= 4 is 21.8 Å². The summed E-state index contributed by atoms with van der Waals surface area (Å²) in [6.45, 7) is 3.23. The SMILES string of the molecule is Cc1ccc(S(=O)(=O)N(C)CC(=O)NNC(=O)c2ccc(-c3cccc(C)c3)[nH]c2=O)cc1. The van der Waals surface area contributed by atoms with Crippen LogP contribution in [0.3, 0.4) is 0 Å². The molecule has 1 heterocycles. The summed E-state index contributed by atoms with van der Waals surface area (Å²) in [5.74, 6) is -1.60. The fourth-order valence-electron chi connectivity index (χ4n) is 3.04. The zero-order chi connectivity index (χ0) is 24.2. The number of H-pyrrole nitrogens is 1. The van der Waals surface area contributed by atoms with Crippen molar-refractivity contribution in [1.29, 1.82) is 0 Å². The Morgan fingerprint density at radius 3 is 2.27 bits per heavy atom. The number of aromatic amines is 1. The smallest absolute Gasteiger partial charge is 0.275 e. The second-order valence-corrected chi connectivity index (χ2v) is 9.61. The number of rotatable bonds is 6. The highest BCUT2D eigenvalue weighted by Crippen LogP contribution is 2.17. The van der Waals surface area contributed by atoms with Gasteiger partial charge in [0.2, 0.25) is 10.0 Å². The molecule has 0 spiro atoms. The predicted molar refractivity (Wildman–Crippen MR) is 124 cm³/mol. The predicted octanol–water partition coefficient (Wildman–Crippen LogP) is 1.74. The lowest BCUT2D eigenvalue weighted by Gasteiger charge is -2.17. The van der Waals surface area contributed by atoms with Crippen molar-refractivity contribution in [2.45, 2.75) is 18.7 Å². The van der Waals surface area contributed by atoms with E-state index in [2.05, 4.69) is 15.8 Å². The summed E-state index contributed by atoms with van der Waals surface area (Å²) in [4.78, 5) is 39.5. The monoisotopic (exact) mass is 468 g/mol. The van der Waals surface area contributed by atoms with Gasteiger partial charge in [0.1, 0.15) is 5.56 Å². The maximum absolute atomic E-state index is 12.6. The first-order valence-electron chi connectivity index (χ1n) is 10.0. The van der Waals surface area contributed by atoms with Crippen molar-refractivity contribution in [1.82, 2.24) is 20.1 Å². The Labute approximate surface area is 191 Å². The quantitative estimate of drug-likeness (QED) is 0.475. The molecule has 172 valence electrons. The molecule has 3 N–H and O–H groups in total. The van der Waals surface area contributed by atoms with E-state index in [1.165, 1.54) is 25.2 Å². The molecule has 0 aliphatic rings. The molecule has 0 saturated heterocycles. The number of benzene rings is 2. The van der Waals surface area contributed by atoms with Gasteiger partial charge < -0.3 is 4.98 Å². The summed E-state index contributed by atoms with van der Waals surface area (Å²) in [6.07, 6.45) is 0. The van der Waals surface area contributed by atoms with E-state index in [4.69, 9.17) is 0 Å². The number of likely N-dealkylation sites (N-methyl/N-ethyl adjacent to an activating group) is 1. The number of hydrazine groups is 1. The number of aryl methyl sites for hydroxylation is 2. The summed E-state index contributed by atoms with van der Waals surface area (Å²) >= 11 is 0. The van der Waals surface area contributed by atoms with Gasteiger partial charge in [0, 0.05) is 12.7 Å². The molecular formula is C23H24N4O5S. The molecule has 2 amide bonds. The van der Waals surface area contributed by atoms with Crippen LogP contribution < -0.4 is 16.4 Å². The Bertz CT molecular complexity index is 1350. The highest BCUT2D eigenvalue weighted by atomic mass is 32.2. The molecule has 0 saturated carbocycles. The van der Waals surface area contributed by atoms with E-state index in [-0.39, 0.29) is 10.5 Å². The number of hydrogen-bond donors (Lipinski definition) is 3. The first kappa shape index (κ1) is 23.9. The topological polar surface area (TPSA) is 128 Å². The summed E-state index contributed by atoms with van der Waals surface area (Å²) in [5, 5.41) is 0. The lowest BCUT2D eigenvalue weighted by molar-refractivity contribution is -0.121. The first-order chi connectivity index (χ1) is 15.6. The van der Waals surface area contributed by atoms with Gasteiger partial charge in [0.05, 0.1) is 11.4 Å². The number of amides is 2. The highest BCUT2D eigenvalue weighted by molar-refractivity contribution is 7.89. The van der Waals surface area contributed by atoms with E-state index in [0.717, 1.165) is 21.0 Å². The van der Waals surface area contributed by atoms with Crippen LogP contribution in [0.15, 0.2) is 70.4 Å². The number of carbonyl (C=O) groups is 2. The lowest BCUT2D eigenvalue weighted by atomic mass is 10.1. The standard InChI is InChI=1S/C23H24N4O5S/c1-15-7-9-18(10-8-15)33(31,32)27(3)14-21(28)25-26-23(30)19-11-12-20(24-22(19)29)17-6-4-5-16(2)13-17/h4-13H,14H2,1-3H3,(H,24,29)(H,25,28)(H,26,30). The molecule has 1 aromatic heterocycles. The van der Waals surface area contributed by atoms with Gasteiger partial charge in [-0.2, -0.15) is 4.31 Å². The minimum atomic E-state index is -3.88. The fourth-order valence-corrected chi connectivity index (χ4v) is 4.17. The number of carbonyl (C=O) groups excluding carboxylic acids is 2. The van der Waals surface area contributed by atoms with Crippen molar-refractivity contribution in [2.75, 3.05) is 13.6 Å². The van der Waals surface area contributed by atoms with E-state index in [1.807, 2.05) is 38.1 Å². The Balaban J connectivity index is 1.61. The van der Waals surface area contributed by atoms with Gasteiger partial charge in [-0.3, -0.25) is 25.2 Å². The number of nitrogens with zero attached hydrogens (tertiary/aromatic N) is 1. The van der Waals surface area contributed by atoms with Gasteiger partial charge in [-0.25, -0.2) is 8.42 Å². The number of aromatic nitrogens is 1. The highest BCUT2D eigenvalue weighted by Gasteiger charge is 2.23. The minimum absolute atomic E-state index is 0.0488. The molecule has 0 bridgehead atoms. The second kappa shape index (κ2) is 9.80. The second-order valence-electron chi connectivity index (χ2n) is 7.56. The summed E-state index contributed by atoms with van der Waals surface area (Å²) < 4.78 is 26.0. The van der Waals surface area contributed by atoms with E-state index in [1.54, 1.807) is 18.2 Å². The normalized spacial score (nSPS) is 11.3. The maximum Gasteiger partial charge on any atom is 0.275 e. The van der Waals surface area contributed by atoms with Crippen LogP contribution in [0.2, 0.25) is 0 Å². The van der Waals surface area contributed by atoms with E-state index in [0.29, 0.717) is 5.69 Å². The van der Waals surface area contributed by atoms with Gasteiger partial charge in [-0.15, -0.1) is 0 Å². The molecule has 0 fully saturated rings. The first-order valence-corrected chi connectivity index (χ1v) is 11.4. The molecule has 0 unspecified atom stereocenters. The van der Waals surface area contributed by atoms with Crippen LogP contribution in [0.1, 0.15) is 21.5 Å². The molecule has 9 nitrogen and oxygen atoms in total. The average molecular weight is 469 g/mol. The Morgan fingerprint density at radius 1 is 0.939 bits per heavy atom. The molecule has 0 radical (unpaired) electrons. The van der Waals surface area contributed by atoms with Crippen LogP contribution in [0.5, 0.6) is 0 Å². The van der Waals surface area contributed by atoms with E-state index in [9.17, 15) is 22.8 Å². The summed E-state index contributed by atoms with van der Waals surface area (Å²) in [5.41, 5.74) is 6.70. The number of nitrogens with one attached hydrogen (secondary N) is 3. The Hall–Kier alpha value is -3.76. The molecular weight excluding hydrogens is 444 g/mol. The summed E-state index contributed by atoms with van der Waals surface area (Å²) in [6, 6.07) is 16.7. The molecule has 33 heavy (non-hydrogen) atoms. The van der Waals surface area contributed by atoms with Crippen molar-refractivity contribution in [3.05, 3.63) is 87.7 Å². The molecule has 2 aromatic carbocycles. The van der Waals surface area contributed by atoms with Gasteiger partial charge in [0.25, 0.3) is 17.4 Å². The van der Waals surface area contributed by atoms with Gasteiger partial charge in [-0.05, 0) is 49.7 Å². The van der Waals surface area contributed by atoms with Crippen LogP contribution in [0.4, 0.5) is 0 Å². The van der Waals surface area contributed by atoms with Crippen LogP contribution in [0, 0.1) is 13.8 Å². The molecule has 0 aliphatic carbocycles. The third-order valence-corrected chi connectivity index (χ3v) is 6.71. The van der Waals surface area contributed by atoms with Crippen LogP contribution >= 0.6 is 0 Å². The van der Waals surface area contributed by atoms with Crippen molar-refractivity contribution in [3.8, 4) is 11.3 Å². The van der Waals surface area contributed by atoms with E-state index < -0.39 is 33.9 Å². The van der Waals surface area contributed by atoms with Gasteiger partial charge in [-0.1, -0.05) is 41.5 Å². The summed E-state index contributed by atoms with van der Waals surface area (Å²) in [7, 11) is -2.62. The van der Waals surface area contributed by atoms with Crippen molar-refractivity contribution in [2.24, 2.45) is 0 Å². The zero-order valence-electron chi connectivity index (χ0n) is 18.4. The lowest BCUT2D eigenvalue weighted by Crippen LogP contribution is -2.47. The van der Waals surface area contributed by atoms with Crippen LogP contribution in [-0.2, 0) is 14.8 Å². The third kappa shape index (κ3) is 5.73. The minimum Gasteiger partial charge on any atom is -0.321 e. The Morgan fingerprint density at radius 2 is 1.64 bits per heavy atom. The van der Waals surface area contributed by atoms with Crippen LogP contribution in [-0.4, -0.2) is 43.1 Å². The third-order valence-electron chi connectivity index (χ3n) is 4.89. The average Bonchev–Trinajstić information content (AvgIpc) is 2.77. The van der Waals surface area contributed by atoms with Crippen LogP contribution in [0.25, 0.3) is 11.3 Å². The zero-order valence-corrected chi connectivity index (χ0v) is 19.2. The maximum atomic E-state index is 12.6. The fraction of sp³-hybridized carbons (Fsp3) is 0.174. The molecule has 3 aromatic rings. The van der Waals surface area contributed by atoms with Crippen molar-refractivity contribution < 1.29 is 18.0 Å². The number of sulfonamides is 1. The largest absolute Gasteiger partial charge is 0.321 e. The van der Waals surface area contributed by atoms with Gasteiger partial charge in [0.15, 0.2) is 0 Å². The molecule has 0 aliphatic heterocycles. The van der Waals surface area contributed by atoms with Gasteiger partial charge >= 0.3 is 0 Å².